The molecule has 0 bridgehead atoms. The van der Waals surface area contributed by atoms with Crippen molar-refractivity contribution in [3.8, 4) is 5.75 Å². The van der Waals surface area contributed by atoms with Crippen LogP contribution in [-0.4, -0.2) is 33.7 Å². The number of aryl methyl sites for hydroxylation is 1. The van der Waals surface area contributed by atoms with Gasteiger partial charge >= 0.3 is 0 Å². The Hall–Kier alpha value is -2.25. The van der Waals surface area contributed by atoms with E-state index in [1.54, 1.807) is 25.1 Å². The van der Waals surface area contributed by atoms with Crippen molar-refractivity contribution in [1.82, 2.24) is 0 Å². The van der Waals surface area contributed by atoms with Crippen LogP contribution in [0.3, 0.4) is 0 Å². The summed E-state index contributed by atoms with van der Waals surface area (Å²) < 4.78 is 31.6. The number of hydrogen-bond acceptors (Lipinski definition) is 4. The second kappa shape index (κ2) is 8.84. The molecule has 28 heavy (non-hydrogen) atoms. The second-order valence-electron chi connectivity index (χ2n) is 6.54. The Morgan fingerprint density at radius 1 is 1.25 bits per heavy atom. The van der Waals surface area contributed by atoms with Gasteiger partial charge in [-0.2, -0.15) is 0 Å². The number of methoxy groups -OCH3 is 1. The van der Waals surface area contributed by atoms with E-state index >= 15 is 0 Å². The molecule has 0 aromatic heterocycles. The average Bonchev–Trinajstić information content (AvgIpc) is 2.62. The third-order valence-electron chi connectivity index (χ3n) is 4.57. The van der Waals surface area contributed by atoms with E-state index in [0.717, 1.165) is 21.7 Å². The number of carbonyl (C=O) groups is 1. The summed E-state index contributed by atoms with van der Waals surface area (Å²) in [6.07, 6.45) is 1.32. The summed E-state index contributed by atoms with van der Waals surface area (Å²) in [4.78, 5) is 13.1. The first-order valence-electron chi connectivity index (χ1n) is 8.80. The molecule has 0 saturated carbocycles. The van der Waals surface area contributed by atoms with E-state index in [-0.39, 0.29) is 12.1 Å². The minimum absolute atomic E-state index is 0.223. The van der Waals surface area contributed by atoms with Crippen molar-refractivity contribution in [2.45, 2.75) is 33.2 Å². The summed E-state index contributed by atoms with van der Waals surface area (Å²) in [5.74, 6) is -0.114. The molecule has 0 heterocycles. The van der Waals surface area contributed by atoms with E-state index in [1.165, 1.54) is 13.2 Å². The standard InChI is InChI=1S/C20H25ClN2O4S/c1-6-17(20(24)22-16-9-7-8-13(2)14(16)3)23(28(5,25)26)18-12-15(21)10-11-19(18)27-4/h7-12,17H,6H2,1-5H3,(H,22,24). The van der Waals surface area contributed by atoms with Crippen LogP contribution in [0.4, 0.5) is 11.4 Å². The van der Waals surface area contributed by atoms with Crippen LogP contribution in [0, 0.1) is 13.8 Å². The van der Waals surface area contributed by atoms with Crippen LogP contribution in [0.25, 0.3) is 0 Å². The number of ether oxygens (including phenoxy) is 1. The van der Waals surface area contributed by atoms with E-state index < -0.39 is 22.0 Å². The molecule has 2 aromatic carbocycles. The molecule has 8 heteroatoms. The van der Waals surface area contributed by atoms with Crippen molar-refractivity contribution in [2.24, 2.45) is 0 Å². The zero-order chi connectivity index (χ0) is 21.1. The Labute approximate surface area is 171 Å². The second-order valence-corrected chi connectivity index (χ2v) is 8.83. The molecule has 0 saturated heterocycles. The predicted molar refractivity (Wildman–Crippen MR) is 114 cm³/mol. The fourth-order valence-electron chi connectivity index (χ4n) is 2.97. The van der Waals surface area contributed by atoms with Crippen LogP contribution in [-0.2, 0) is 14.8 Å². The first-order chi connectivity index (χ1) is 13.1. The van der Waals surface area contributed by atoms with Crippen LogP contribution < -0.4 is 14.4 Å². The van der Waals surface area contributed by atoms with Gasteiger partial charge in [-0.05, 0) is 55.7 Å². The maximum atomic E-state index is 13.1. The molecule has 152 valence electrons. The maximum absolute atomic E-state index is 13.1. The number of nitrogens with one attached hydrogen (secondary N) is 1. The number of amides is 1. The highest BCUT2D eigenvalue weighted by Crippen LogP contribution is 2.35. The molecule has 1 unspecified atom stereocenters. The SMILES string of the molecule is CCC(C(=O)Nc1cccc(C)c1C)N(c1cc(Cl)ccc1OC)S(C)(=O)=O. The fourth-order valence-corrected chi connectivity index (χ4v) is 4.35. The third-order valence-corrected chi connectivity index (χ3v) is 5.97. The molecule has 2 rings (SSSR count). The summed E-state index contributed by atoms with van der Waals surface area (Å²) >= 11 is 6.09. The smallest absolute Gasteiger partial charge is 0.248 e. The van der Waals surface area contributed by atoms with Gasteiger partial charge in [-0.1, -0.05) is 30.7 Å². The Morgan fingerprint density at radius 3 is 2.50 bits per heavy atom. The van der Waals surface area contributed by atoms with E-state index in [2.05, 4.69) is 5.32 Å². The summed E-state index contributed by atoms with van der Waals surface area (Å²) in [6.45, 7) is 5.60. The van der Waals surface area contributed by atoms with Crippen LogP contribution in [0.5, 0.6) is 5.75 Å². The Balaban J connectivity index is 2.51. The largest absolute Gasteiger partial charge is 0.495 e. The molecule has 0 aliphatic heterocycles. The first kappa shape index (κ1) is 22.0. The summed E-state index contributed by atoms with van der Waals surface area (Å²) in [5.41, 5.74) is 2.83. The predicted octanol–water partition coefficient (Wildman–Crippen LogP) is 4.15. The topological polar surface area (TPSA) is 75.7 Å². The zero-order valence-electron chi connectivity index (χ0n) is 16.6. The van der Waals surface area contributed by atoms with E-state index in [4.69, 9.17) is 16.3 Å². The monoisotopic (exact) mass is 424 g/mol. The molecular weight excluding hydrogens is 400 g/mol. The van der Waals surface area contributed by atoms with Gasteiger partial charge < -0.3 is 10.1 Å². The number of halogens is 1. The molecule has 1 amide bonds. The number of benzene rings is 2. The van der Waals surface area contributed by atoms with Crippen molar-refractivity contribution in [3.63, 3.8) is 0 Å². The van der Waals surface area contributed by atoms with Gasteiger partial charge in [-0.15, -0.1) is 0 Å². The van der Waals surface area contributed by atoms with E-state index in [0.29, 0.717) is 16.5 Å². The Kier molecular flexibility index (Phi) is 6.96. The minimum atomic E-state index is -3.80. The molecule has 0 aliphatic carbocycles. The van der Waals surface area contributed by atoms with Gasteiger partial charge in [0.2, 0.25) is 15.9 Å². The zero-order valence-corrected chi connectivity index (χ0v) is 18.2. The van der Waals surface area contributed by atoms with Crippen molar-refractivity contribution in [2.75, 3.05) is 23.0 Å². The maximum Gasteiger partial charge on any atom is 0.248 e. The van der Waals surface area contributed by atoms with Crippen LogP contribution in [0.15, 0.2) is 36.4 Å². The molecule has 1 N–H and O–H groups in total. The van der Waals surface area contributed by atoms with Gasteiger partial charge in [0.1, 0.15) is 11.8 Å². The van der Waals surface area contributed by atoms with Gasteiger partial charge in [-0.25, -0.2) is 8.42 Å². The van der Waals surface area contributed by atoms with E-state index in [9.17, 15) is 13.2 Å². The van der Waals surface area contributed by atoms with Crippen LogP contribution in [0.1, 0.15) is 24.5 Å². The number of carbonyl (C=O) groups excluding carboxylic acids is 1. The molecule has 0 aliphatic rings. The molecule has 6 nitrogen and oxygen atoms in total. The quantitative estimate of drug-likeness (QED) is 0.724. The minimum Gasteiger partial charge on any atom is -0.495 e. The molecule has 1 atom stereocenters. The fraction of sp³-hybridized carbons (Fsp3) is 0.350. The summed E-state index contributed by atoms with van der Waals surface area (Å²) in [7, 11) is -2.37. The van der Waals surface area contributed by atoms with Gasteiger partial charge in [0.15, 0.2) is 0 Å². The van der Waals surface area contributed by atoms with E-state index in [1.807, 2.05) is 26.0 Å². The lowest BCUT2D eigenvalue weighted by molar-refractivity contribution is -0.117. The van der Waals surface area contributed by atoms with Gasteiger partial charge in [-0.3, -0.25) is 9.10 Å². The van der Waals surface area contributed by atoms with Crippen LogP contribution >= 0.6 is 11.6 Å². The molecular formula is C20H25ClN2O4S. The summed E-state index contributed by atoms with van der Waals surface area (Å²) in [5, 5.41) is 3.20. The van der Waals surface area contributed by atoms with Crippen molar-refractivity contribution < 1.29 is 17.9 Å². The number of anilines is 2. The normalized spacial score (nSPS) is 12.4. The number of rotatable bonds is 7. The molecule has 2 aromatic rings. The number of sulfonamides is 1. The lowest BCUT2D eigenvalue weighted by Gasteiger charge is -2.31. The lowest BCUT2D eigenvalue weighted by Crippen LogP contribution is -2.47. The highest BCUT2D eigenvalue weighted by molar-refractivity contribution is 7.92. The van der Waals surface area contributed by atoms with Crippen molar-refractivity contribution in [1.29, 1.82) is 0 Å². The number of hydrogen-bond donors (Lipinski definition) is 1. The Morgan fingerprint density at radius 2 is 1.93 bits per heavy atom. The molecule has 0 spiro atoms. The number of nitrogens with zero attached hydrogens (tertiary/aromatic N) is 1. The van der Waals surface area contributed by atoms with Gasteiger partial charge in [0.25, 0.3) is 0 Å². The molecule has 0 radical (unpaired) electrons. The van der Waals surface area contributed by atoms with Crippen LogP contribution in [0.2, 0.25) is 5.02 Å². The average molecular weight is 425 g/mol. The lowest BCUT2D eigenvalue weighted by atomic mass is 10.1. The van der Waals surface area contributed by atoms with Gasteiger partial charge in [0.05, 0.1) is 19.1 Å². The van der Waals surface area contributed by atoms with Gasteiger partial charge in [0, 0.05) is 10.7 Å². The van der Waals surface area contributed by atoms with Crippen molar-refractivity contribution >= 4 is 38.9 Å². The molecule has 0 fully saturated rings. The van der Waals surface area contributed by atoms with Crippen molar-refractivity contribution in [3.05, 3.63) is 52.5 Å². The highest BCUT2D eigenvalue weighted by atomic mass is 35.5. The Bertz CT molecular complexity index is 976. The first-order valence-corrected chi connectivity index (χ1v) is 11.0. The summed E-state index contributed by atoms with van der Waals surface area (Å²) in [6, 6.07) is 9.26. The third kappa shape index (κ3) is 4.77. The highest BCUT2D eigenvalue weighted by Gasteiger charge is 2.33.